The van der Waals surface area contributed by atoms with E-state index in [1.165, 1.54) is 0 Å². The van der Waals surface area contributed by atoms with E-state index in [4.69, 9.17) is 10.2 Å². The van der Waals surface area contributed by atoms with Crippen LogP contribution in [0.1, 0.15) is 20.3 Å². The van der Waals surface area contributed by atoms with Gasteiger partial charge in [-0.05, 0) is 24.5 Å². The average molecular weight is 252 g/mol. The number of hydrogen-bond acceptors (Lipinski definition) is 4. The van der Waals surface area contributed by atoms with Gasteiger partial charge in [0, 0.05) is 17.5 Å². The molecule has 0 aliphatic carbocycles. The molecule has 0 radical (unpaired) electrons. The molecule has 2 aromatic rings. The van der Waals surface area contributed by atoms with Crippen LogP contribution >= 0.6 is 0 Å². The van der Waals surface area contributed by atoms with Gasteiger partial charge in [-0.1, -0.05) is 13.8 Å². The van der Waals surface area contributed by atoms with Crippen LogP contribution in [0.2, 0.25) is 0 Å². The van der Waals surface area contributed by atoms with E-state index in [0.717, 1.165) is 6.42 Å². The van der Waals surface area contributed by atoms with Crippen LogP contribution in [0.15, 0.2) is 27.8 Å². The Hall–Kier alpha value is -1.36. The molecule has 0 spiro atoms. The maximum Gasteiger partial charge on any atom is 0.287 e. The summed E-state index contributed by atoms with van der Waals surface area (Å²) in [7, 11) is -1.16. The summed E-state index contributed by atoms with van der Waals surface area (Å²) in [6, 6.07) is 5.23. The van der Waals surface area contributed by atoms with Gasteiger partial charge in [0.2, 0.25) is 0 Å². The molecule has 1 unspecified atom stereocenters. The molecule has 0 saturated heterocycles. The highest BCUT2D eigenvalue weighted by atomic mass is 32.2. The first kappa shape index (κ1) is 12.1. The SMILES string of the molecule is CC(C)CCS(=O)c1nc2ccc(N)cc2o1. The minimum absolute atomic E-state index is 0.297. The summed E-state index contributed by atoms with van der Waals surface area (Å²) in [5.74, 6) is 1.11. The molecule has 5 heteroatoms. The Labute approximate surface area is 103 Å². The molecule has 4 nitrogen and oxygen atoms in total. The quantitative estimate of drug-likeness (QED) is 0.849. The molecule has 0 fully saturated rings. The second-order valence-corrected chi connectivity index (χ2v) is 5.89. The van der Waals surface area contributed by atoms with E-state index in [1.54, 1.807) is 18.2 Å². The Morgan fingerprint density at radius 1 is 1.47 bits per heavy atom. The van der Waals surface area contributed by atoms with Gasteiger partial charge in [-0.15, -0.1) is 0 Å². The lowest BCUT2D eigenvalue weighted by Crippen LogP contribution is -2.01. The molecule has 1 atom stereocenters. The van der Waals surface area contributed by atoms with E-state index in [2.05, 4.69) is 18.8 Å². The zero-order valence-corrected chi connectivity index (χ0v) is 10.8. The van der Waals surface area contributed by atoms with Gasteiger partial charge in [-0.2, -0.15) is 0 Å². The van der Waals surface area contributed by atoms with Crippen molar-refractivity contribution in [2.75, 3.05) is 11.5 Å². The molecule has 1 aromatic heterocycles. The zero-order chi connectivity index (χ0) is 12.4. The number of anilines is 1. The minimum atomic E-state index is -1.16. The van der Waals surface area contributed by atoms with E-state index in [9.17, 15) is 4.21 Å². The fraction of sp³-hybridized carbons (Fsp3) is 0.417. The van der Waals surface area contributed by atoms with Gasteiger partial charge < -0.3 is 10.2 Å². The van der Waals surface area contributed by atoms with Crippen molar-refractivity contribution < 1.29 is 8.63 Å². The number of fused-ring (bicyclic) bond motifs is 1. The van der Waals surface area contributed by atoms with Crippen molar-refractivity contribution in [1.82, 2.24) is 4.98 Å². The first-order valence-corrected chi connectivity index (χ1v) is 6.92. The smallest absolute Gasteiger partial charge is 0.287 e. The topological polar surface area (TPSA) is 69.1 Å². The first-order chi connectivity index (χ1) is 8.06. The number of nitrogens with zero attached hydrogens (tertiary/aromatic N) is 1. The van der Waals surface area contributed by atoms with Gasteiger partial charge in [0.25, 0.3) is 5.22 Å². The molecule has 1 aromatic carbocycles. The van der Waals surface area contributed by atoms with Crippen molar-refractivity contribution in [1.29, 1.82) is 0 Å². The third-order valence-electron chi connectivity index (χ3n) is 2.47. The molecule has 0 aliphatic rings. The van der Waals surface area contributed by atoms with Crippen molar-refractivity contribution in [2.45, 2.75) is 25.5 Å². The normalized spacial score (nSPS) is 13.4. The molecule has 17 heavy (non-hydrogen) atoms. The van der Waals surface area contributed by atoms with E-state index >= 15 is 0 Å². The van der Waals surface area contributed by atoms with Gasteiger partial charge in [0.15, 0.2) is 5.58 Å². The van der Waals surface area contributed by atoms with Crippen LogP contribution in [-0.4, -0.2) is 14.9 Å². The summed E-state index contributed by atoms with van der Waals surface area (Å²) in [5, 5.41) is 0.297. The summed E-state index contributed by atoms with van der Waals surface area (Å²) < 4.78 is 17.4. The van der Waals surface area contributed by atoms with Crippen LogP contribution in [0.4, 0.5) is 5.69 Å². The molecule has 2 N–H and O–H groups in total. The van der Waals surface area contributed by atoms with Gasteiger partial charge in [0.1, 0.15) is 16.3 Å². The molecule has 0 saturated carbocycles. The third-order valence-corrected chi connectivity index (χ3v) is 3.64. The largest absolute Gasteiger partial charge is 0.430 e. The minimum Gasteiger partial charge on any atom is -0.430 e. The Kier molecular flexibility index (Phi) is 3.47. The highest BCUT2D eigenvalue weighted by Gasteiger charge is 2.13. The van der Waals surface area contributed by atoms with Crippen LogP contribution < -0.4 is 5.73 Å². The number of aromatic nitrogens is 1. The fourth-order valence-corrected chi connectivity index (χ4v) is 2.69. The molecule has 1 heterocycles. The molecule has 0 amide bonds. The summed E-state index contributed by atoms with van der Waals surface area (Å²) in [6.45, 7) is 4.20. The number of rotatable bonds is 4. The molecular formula is C12H16N2O2S. The molecule has 0 bridgehead atoms. The fourth-order valence-electron chi connectivity index (χ4n) is 1.45. The predicted molar refractivity (Wildman–Crippen MR) is 69.2 cm³/mol. The Morgan fingerprint density at radius 2 is 2.24 bits per heavy atom. The van der Waals surface area contributed by atoms with Crippen molar-refractivity contribution in [3.05, 3.63) is 18.2 Å². The Bertz CT molecular complexity index is 548. The summed E-state index contributed by atoms with van der Waals surface area (Å²) >= 11 is 0. The van der Waals surface area contributed by atoms with E-state index < -0.39 is 10.8 Å². The van der Waals surface area contributed by atoms with Gasteiger partial charge >= 0.3 is 0 Å². The summed E-state index contributed by atoms with van der Waals surface area (Å²) in [6.07, 6.45) is 0.896. The number of benzene rings is 1. The van der Waals surface area contributed by atoms with Crippen LogP contribution in [0.25, 0.3) is 11.1 Å². The average Bonchev–Trinajstić information content (AvgIpc) is 2.68. The number of nitrogens with two attached hydrogens (primary N) is 1. The lowest BCUT2D eigenvalue weighted by molar-refractivity contribution is 0.476. The van der Waals surface area contributed by atoms with Crippen LogP contribution in [0.5, 0.6) is 0 Å². The zero-order valence-electron chi connectivity index (χ0n) is 9.97. The summed E-state index contributed by atoms with van der Waals surface area (Å²) in [4.78, 5) is 4.21. The van der Waals surface area contributed by atoms with Gasteiger partial charge in [-0.25, -0.2) is 9.19 Å². The van der Waals surface area contributed by atoms with E-state index in [0.29, 0.717) is 33.7 Å². The number of oxazole rings is 1. The molecule has 92 valence electrons. The Morgan fingerprint density at radius 3 is 2.94 bits per heavy atom. The van der Waals surface area contributed by atoms with Crippen molar-refractivity contribution in [3.8, 4) is 0 Å². The highest BCUT2D eigenvalue weighted by molar-refractivity contribution is 7.84. The van der Waals surface area contributed by atoms with E-state index in [-0.39, 0.29) is 0 Å². The maximum atomic E-state index is 11.9. The monoisotopic (exact) mass is 252 g/mol. The lowest BCUT2D eigenvalue weighted by atomic mass is 10.2. The number of nitrogen functional groups attached to an aromatic ring is 1. The second kappa shape index (κ2) is 4.87. The molecular weight excluding hydrogens is 236 g/mol. The standard InChI is InChI=1S/C12H16N2O2S/c1-8(2)5-6-17(15)12-14-10-4-3-9(13)7-11(10)16-12/h3-4,7-8H,5-6,13H2,1-2H3. The van der Waals surface area contributed by atoms with Gasteiger partial charge in [-0.3, -0.25) is 0 Å². The third kappa shape index (κ3) is 2.85. The Balaban J connectivity index is 2.21. The highest BCUT2D eigenvalue weighted by Crippen LogP contribution is 2.20. The predicted octanol–water partition coefficient (Wildman–Crippen LogP) is 2.56. The van der Waals surface area contributed by atoms with Crippen LogP contribution in [0, 0.1) is 5.92 Å². The van der Waals surface area contributed by atoms with Crippen LogP contribution in [-0.2, 0) is 10.8 Å². The van der Waals surface area contributed by atoms with Crippen molar-refractivity contribution in [2.24, 2.45) is 5.92 Å². The molecule has 2 rings (SSSR count). The van der Waals surface area contributed by atoms with Crippen molar-refractivity contribution >= 4 is 27.6 Å². The maximum absolute atomic E-state index is 11.9. The summed E-state index contributed by atoms with van der Waals surface area (Å²) in [5.41, 5.74) is 7.56. The van der Waals surface area contributed by atoms with Crippen LogP contribution in [0.3, 0.4) is 0 Å². The van der Waals surface area contributed by atoms with E-state index in [1.807, 2.05) is 0 Å². The lowest BCUT2D eigenvalue weighted by Gasteiger charge is -2.00. The number of hydrogen-bond donors (Lipinski definition) is 1. The molecule has 0 aliphatic heterocycles. The second-order valence-electron chi connectivity index (χ2n) is 4.44. The first-order valence-electron chi connectivity index (χ1n) is 5.60. The van der Waals surface area contributed by atoms with Crippen molar-refractivity contribution in [3.63, 3.8) is 0 Å². The van der Waals surface area contributed by atoms with Gasteiger partial charge in [0.05, 0.1) is 0 Å².